The smallest absolute Gasteiger partial charge is 0.272 e. The van der Waals surface area contributed by atoms with Crippen molar-refractivity contribution in [2.24, 2.45) is 0 Å². The summed E-state index contributed by atoms with van der Waals surface area (Å²) in [5, 5.41) is 9.30. The molecular formula is C24H24Cl3N3O. The lowest BCUT2D eigenvalue weighted by Crippen LogP contribution is -2.32. The molecule has 0 spiro atoms. The number of hydrogen-bond donors (Lipinski definition) is 1. The molecule has 31 heavy (non-hydrogen) atoms. The van der Waals surface area contributed by atoms with E-state index in [0.29, 0.717) is 26.4 Å². The van der Waals surface area contributed by atoms with Crippen LogP contribution in [0.4, 0.5) is 0 Å². The van der Waals surface area contributed by atoms with Crippen LogP contribution in [-0.2, 0) is 0 Å². The van der Waals surface area contributed by atoms with Crippen LogP contribution >= 0.6 is 34.8 Å². The molecule has 162 valence electrons. The summed E-state index contributed by atoms with van der Waals surface area (Å²) in [5.74, 6) is -0.212. The quantitative estimate of drug-likeness (QED) is 0.408. The van der Waals surface area contributed by atoms with Crippen molar-refractivity contribution in [1.82, 2.24) is 15.1 Å². The summed E-state index contributed by atoms with van der Waals surface area (Å²) >= 11 is 18.6. The van der Waals surface area contributed by atoms with E-state index in [2.05, 4.69) is 10.4 Å². The van der Waals surface area contributed by atoms with Crippen LogP contribution in [0.2, 0.25) is 15.1 Å². The number of aromatic nitrogens is 2. The predicted octanol–water partition coefficient (Wildman–Crippen LogP) is 7.23. The first-order valence-corrected chi connectivity index (χ1v) is 11.1. The molecule has 0 aliphatic carbocycles. The van der Waals surface area contributed by atoms with E-state index in [4.69, 9.17) is 34.8 Å². The van der Waals surface area contributed by atoms with Gasteiger partial charge in [0, 0.05) is 21.7 Å². The van der Waals surface area contributed by atoms with Crippen molar-refractivity contribution in [2.45, 2.75) is 40.2 Å². The van der Waals surface area contributed by atoms with E-state index in [0.717, 1.165) is 28.8 Å². The number of nitrogens with one attached hydrogen (secondary N) is 1. The molecule has 0 aliphatic heterocycles. The molecule has 0 fully saturated rings. The van der Waals surface area contributed by atoms with Crippen LogP contribution in [0.5, 0.6) is 0 Å². The van der Waals surface area contributed by atoms with Gasteiger partial charge in [-0.1, -0.05) is 53.9 Å². The number of nitrogens with zero attached hydrogens (tertiary/aromatic N) is 2. The fraction of sp³-hybridized carbons (Fsp3) is 0.250. The lowest BCUT2D eigenvalue weighted by Gasteiger charge is -2.11. The first-order chi connectivity index (χ1) is 14.7. The first kappa shape index (κ1) is 23.4. The molecule has 1 aromatic heterocycles. The Labute approximate surface area is 197 Å². The van der Waals surface area contributed by atoms with Crippen LogP contribution in [0.15, 0.2) is 42.5 Å². The van der Waals surface area contributed by atoms with Gasteiger partial charge in [0.05, 0.1) is 16.4 Å². The Bertz CT molecular complexity index is 1130. The zero-order valence-corrected chi connectivity index (χ0v) is 20.1. The van der Waals surface area contributed by atoms with Gasteiger partial charge in [0.2, 0.25) is 0 Å². The van der Waals surface area contributed by atoms with Crippen LogP contribution in [0, 0.1) is 6.92 Å². The van der Waals surface area contributed by atoms with Crippen molar-refractivity contribution in [1.29, 1.82) is 0 Å². The monoisotopic (exact) mass is 475 g/mol. The Balaban J connectivity index is 2.17. The molecule has 1 unspecified atom stereocenters. The number of allylic oxidation sites excluding steroid dienone is 1. The molecule has 1 amide bonds. The Morgan fingerprint density at radius 3 is 2.39 bits per heavy atom. The summed E-state index contributed by atoms with van der Waals surface area (Å²) < 4.78 is 1.71. The lowest BCUT2D eigenvalue weighted by molar-refractivity contribution is 0.0933. The number of halogens is 3. The maximum atomic E-state index is 12.9. The van der Waals surface area contributed by atoms with E-state index in [1.165, 1.54) is 0 Å². The van der Waals surface area contributed by atoms with Crippen LogP contribution in [-0.4, -0.2) is 21.7 Å². The molecule has 0 radical (unpaired) electrons. The molecule has 3 aromatic rings. The molecule has 4 nitrogen and oxygen atoms in total. The Morgan fingerprint density at radius 2 is 1.77 bits per heavy atom. The molecule has 3 rings (SSSR count). The molecule has 0 aliphatic rings. The van der Waals surface area contributed by atoms with Crippen LogP contribution in [0.25, 0.3) is 17.3 Å². The topological polar surface area (TPSA) is 46.9 Å². The van der Waals surface area contributed by atoms with E-state index in [1.54, 1.807) is 22.9 Å². The summed E-state index contributed by atoms with van der Waals surface area (Å²) in [6, 6.07) is 12.8. The third kappa shape index (κ3) is 5.32. The highest BCUT2D eigenvalue weighted by molar-refractivity contribution is 6.35. The second kappa shape index (κ2) is 9.90. The average molecular weight is 477 g/mol. The number of carbonyl (C=O) groups excluding carboxylic acids is 1. The Hall–Kier alpha value is -2.27. The van der Waals surface area contributed by atoms with E-state index in [1.807, 2.05) is 58.0 Å². The van der Waals surface area contributed by atoms with Gasteiger partial charge in [-0.25, -0.2) is 4.68 Å². The van der Waals surface area contributed by atoms with E-state index in [-0.39, 0.29) is 11.9 Å². The molecule has 0 saturated carbocycles. The van der Waals surface area contributed by atoms with Crippen molar-refractivity contribution in [2.75, 3.05) is 0 Å². The number of benzene rings is 2. The number of carbonyl (C=O) groups is 1. The molecule has 7 heteroatoms. The second-order valence-corrected chi connectivity index (χ2v) is 8.77. The molecular weight excluding hydrogens is 453 g/mol. The van der Waals surface area contributed by atoms with Gasteiger partial charge in [0.1, 0.15) is 0 Å². The predicted molar refractivity (Wildman–Crippen MR) is 131 cm³/mol. The zero-order valence-electron chi connectivity index (χ0n) is 17.8. The van der Waals surface area contributed by atoms with Crippen LogP contribution < -0.4 is 5.32 Å². The largest absolute Gasteiger partial charge is 0.348 e. The van der Waals surface area contributed by atoms with Crippen molar-refractivity contribution in [3.05, 3.63) is 80.0 Å². The molecule has 0 saturated heterocycles. The second-order valence-electron chi connectivity index (χ2n) is 7.49. The third-order valence-electron chi connectivity index (χ3n) is 5.09. The van der Waals surface area contributed by atoms with Crippen LogP contribution in [0.3, 0.4) is 0 Å². The van der Waals surface area contributed by atoms with Crippen LogP contribution in [0.1, 0.15) is 54.5 Å². The number of rotatable bonds is 6. The molecule has 1 heterocycles. The molecule has 0 bridgehead atoms. The highest BCUT2D eigenvalue weighted by Crippen LogP contribution is 2.31. The summed E-state index contributed by atoms with van der Waals surface area (Å²) in [7, 11) is 0. The minimum atomic E-state index is -0.212. The van der Waals surface area contributed by atoms with Crippen molar-refractivity contribution in [3.8, 4) is 5.69 Å². The van der Waals surface area contributed by atoms with Gasteiger partial charge in [-0.05, 0) is 74.7 Å². The minimum Gasteiger partial charge on any atom is -0.348 e. The van der Waals surface area contributed by atoms with Crippen molar-refractivity contribution < 1.29 is 4.79 Å². The minimum absolute atomic E-state index is 0.0466. The van der Waals surface area contributed by atoms with E-state index in [9.17, 15) is 4.79 Å². The Morgan fingerprint density at radius 1 is 1.13 bits per heavy atom. The van der Waals surface area contributed by atoms with Crippen molar-refractivity contribution in [3.63, 3.8) is 0 Å². The highest BCUT2D eigenvalue weighted by Gasteiger charge is 2.23. The summed E-state index contributed by atoms with van der Waals surface area (Å²) in [4.78, 5) is 12.9. The summed E-state index contributed by atoms with van der Waals surface area (Å²) in [5.41, 5.74) is 4.51. The van der Waals surface area contributed by atoms with E-state index < -0.39 is 0 Å². The van der Waals surface area contributed by atoms with Gasteiger partial charge < -0.3 is 5.32 Å². The fourth-order valence-corrected chi connectivity index (χ4v) is 3.89. The first-order valence-electron chi connectivity index (χ1n) is 10.0. The molecule has 1 N–H and O–H groups in total. The van der Waals surface area contributed by atoms with Gasteiger partial charge >= 0.3 is 0 Å². The average Bonchev–Trinajstić information content (AvgIpc) is 3.06. The summed E-state index contributed by atoms with van der Waals surface area (Å²) in [6.07, 6.45) is 2.86. The number of amides is 1. The van der Waals surface area contributed by atoms with Gasteiger partial charge in [0.15, 0.2) is 5.69 Å². The summed E-state index contributed by atoms with van der Waals surface area (Å²) in [6.45, 7) is 7.86. The molecule has 2 aromatic carbocycles. The maximum absolute atomic E-state index is 12.9. The highest BCUT2D eigenvalue weighted by atomic mass is 35.5. The fourth-order valence-electron chi connectivity index (χ4n) is 3.27. The molecule has 1 atom stereocenters. The van der Waals surface area contributed by atoms with Gasteiger partial charge in [-0.3, -0.25) is 4.79 Å². The van der Waals surface area contributed by atoms with Gasteiger partial charge in [-0.2, -0.15) is 5.10 Å². The van der Waals surface area contributed by atoms with Gasteiger partial charge in [0.25, 0.3) is 5.91 Å². The number of hydrogen-bond acceptors (Lipinski definition) is 2. The SMILES string of the molecule is CCC(C)NC(=O)c1nn(-c2ccc(Cl)cc2Cl)c(/C(C)=C/c2ccc(Cl)cc2)c1C. The third-order valence-corrected chi connectivity index (χ3v) is 5.88. The normalized spacial score (nSPS) is 12.7. The maximum Gasteiger partial charge on any atom is 0.272 e. The zero-order chi connectivity index (χ0) is 22.7. The Kier molecular flexibility index (Phi) is 7.47. The van der Waals surface area contributed by atoms with Gasteiger partial charge in [-0.15, -0.1) is 0 Å². The lowest BCUT2D eigenvalue weighted by atomic mass is 10.0. The van der Waals surface area contributed by atoms with E-state index >= 15 is 0 Å². The standard InChI is InChI=1S/C24H24Cl3N3O/c1-5-15(3)28-24(31)22-16(4)23(14(2)12-17-6-8-18(25)9-7-17)30(29-22)21-11-10-19(26)13-20(21)27/h6-13,15H,5H2,1-4H3,(H,28,31)/b14-12+. The van der Waals surface area contributed by atoms with Crippen molar-refractivity contribution >= 4 is 52.4 Å².